The van der Waals surface area contributed by atoms with E-state index in [4.69, 9.17) is 9.47 Å². The molecule has 156 valence electrons. The quantitative estimate of drug-likeness (QED) is 0.373. The molecule has 1 N–H and O–H groups in total. The summed E-state index contributed by atoms with van der Waals surface area (Å²) in [6.07, 6.45) is 1.81. The van der Waals surface area contributed by atoms with Gasteiger partial charge >= 0.3 is 0 Å². The summed E-state index contributed by atoms with van der Waals surface area (Å²) in [7, 11) is 0. The van der Waals surface area contributed by atoms with Crippen molar-refractivity contribution < 1.29 is 9.47 Å². The van der Waals surface area contributed by atoms with E-state index < -0.39 is 0 Å². The van der Waals surface area contributed by atoms with E-state index in [0.717, 1.165) is 40.4 Å². The van der Waals surface area contributed by atoms with Gasteiger partial charge in [0.05, 0.1) is 5.69 Å². The van der Waals surface area contributed by atoms with E-state index >= 15 is 0 Å². The van der Waals surface area contributed by atoms with Gasteiger partial charge in [0.25, 0.3) is 0 Å². The SMILES string of the molecule is c1ccc(COc2ccc(CNCc3ccccn3)cc2OCc2ccccc2)cc1. The van der Waals surface area contributed by atoms with Gasteiger partial charge in [-0.25, -0.2) is 0 Å². The number of pyridine rings is 1. The smallest absolute Gasteiger partial charge is 0.162 e. The van der Waals surface area contributed by atoms with Gasteiger partial charge in [-0.2, -0.15) is 0 Å². The summed E-state index contributed by atoms with van der Waals surface area (Å²) in [5.74, 6) is 1.49. The fraction of sp³-hybridized carbons (Fsp3) is 0.148. The maximum absolute atomic E-state index is 6.15. The second-order valence-electron chi connectivity index (χ2n) is 7.25. The summed E-state index contributed by atoms with van der Waals surface area (Å²) in [5, 5.41) is 3.44. The number of nitrogens with zero attached hydrogens (tertiary/aromatic N) is 1. The third kappa shape index (κ3) is 6.43. The Kier molecular flexibility index (Phi) is 7.29. The molecule has 0 unspecified atom stereocenters. The van der Waals surface area contributed by atoms with Gasteiger partial charge in [0.2, 0.25) is 0 Å². The third-order valence-corrected chi connectivity index (χ3v) is 4.84. The number of aromatic nitrogens is 1. The van der Waals surface area contributed by atoms with Crippen LogP contribution in [0.2, 0.25) is 0 Å². The van der Waals surface area contributed by atoms with Gasteiger partial charge in [-0.3, -0.25) is 4.98 Å². The van der Waals surface area contributed by atoms with Crippen molar-refractivity contribution in [3.05, 3.63) is 126 Å². The molecule has 4 rings (SSSR count). The Morgan fingerprint density at radius 3 is 1.87 bits per heavy atom. The van der Waals surface area contributed by atoms with Crippen molar-refractivity contribution >= 4 is 0 Å². The lowest BCUT2D eigenvalue weighted by Crippen LogP contribution is -2.13. The number of nitrogens with one attached hydrogen (secondary N) is 1. The van der Waals surface area contributed by atoms with Crippen LogP contribution in [0, 0.1) is 0 Å². The van der Waals surface area contributed by atoms with Crippen LogP contribution in [0.15, 0.2) is 103 Å². The van der Waals surface area contributed by atoms with E-state index in [0.29, 0.717) is 19.8 Å². The molecule has 1 aromatic heterocycles. The molecule has 4 nitrogen and oxygen atoms in total. The fourth-order valence-electron chi connectivity index (χ4n) is 3.20. The first-order valence-corrected chi connectivity index (χ1v) is 10.4. The molecule has 0 amide bonds. The van der Waals surface area contributed by atoms with Crippen molar-refractivity contribution in [3.63, 3.8) is 0 Å². The van der Waals surface area contributed by atoms with Crippen LogP contribution in [-0.2, 0) is 26.3 Å². The fourth-order valence-corrected chi connectivity index (χ4v) is 3.20. The van der Waals surface area contributed by atoms with E-state index in [-0.39, 0.29) is 0 Å². The molecular weight excluding hydrogens is 384 g/mol. The minimum absolute atomic E-state index is 0.493. The van der Waals surface area contributed by atoms with Crippen molar-refractivity contribution in [2.75, 3.05) is 0 Å². The maximum Gasteiger partial charge on any atom is 0.162 e. The van der Waals surface area contributed by atoms with Crippen LogP contribution in [0.25, 0.3) is 0 Å². The number of rotatable bonds is 10. The van der Waals surface area contributed by atoms with Crippen LogP contribution in [0.5, 0.6) is 11.5 Å². The summed E-state index contributed by atoms with van der Waals surface area (Å²) in [6, 6.07) is 32.4. The normalized spacial score (nSPS) is 10.6. The Balaban J connectivity index is 1.43. The van der Waals surface area contributed by atoms with E-state index in [2.05, 4.69) is 46.7 Å². The second kappa shape index (κ2) is 11.0. The van der Waals surface area contributed by atoms with Gasteiger partial charge in [-0.1, -0.05) is 72.8 Å². The average molecular weight is 411 g/mol. The minimum Gasteiger partial charge on any atom is -0.485 e. The molecule has 0 aliphatic carbocycles. The minimum atomic E-state index is 0.493. The number of ether oxygens (including phenoxy) is 2. The summed E-state index contributed by atoms with van der Waals surface area (Å²) in [5.41, 5.74) is 4.39. The van der Waals surface area contributed by atoms with Crippen molar-refractivity contribution in [1.82, 2.24) is 10.3 Å². The molecule has 3 aromatic carbocycles. The molecule has 0 aliphatic heterocycles. The van der Waals surface area contributed by atoms with E-state index in [1.165, 1.54) is 0 Å². The monoisotopic (exact) mass is 410 g/mol. The second-order valence-corrected chi connectivity index (χ2v) is 7.25. The zero-order valence-electron chi connectivity index (χ0n) is 17.4. The van der Waals surface area contributed by atoms with Gasteiger partial charge in [0, 0.05) is 19.3 Å². The molecule has 0 spiro atoms. The predicted molar refractivity (Wildman–Crippen MR) is 123 cm³/mol. The molecule has 0 saturated carbocycles. The molecule has 0 bridgehead atoms. The Hall–Kier alpha value is -3.63. The van der Waals surface area contributed by atoms with Crippen molar-refractivity contribution in [1.29, 1.82) is 0 Å². The molecule has 0 saturated heterocycles. The molecule has 0 atom stereocenters. The number of hydrogen-bond donors (Lipinski definition) is 1. The molecule has 1 heterocycles. The predicted octanol–water partition coefficient (Wildman–Crippen LogP) is 5.53. The molecule has 0 fully saturated rings. The van der Waals surface area contributed by atoms with E-state index in [9.17, 15) is 0 Å². The van der Waals surface area contributed by atoms with Crippen LogP contribution in [0.4, 0.5) is 0 Å². The summed E-state index contributed by atoms with van der Waals surface area (Å²) in [6.45, 7) is 2.43. The summed E-state index contributed by atoms with van der Waals surface area (Å²) >= 11 is 0. The molecule has 0 radical (unpaired) electrons. The first-order valence-electron chi connectivity index (χ1n) is 10.4. The first kappa shape index (κ1) is 20.6. The molecule has 4 heteroatoms. The first-order chi connectivity index (χ1) is 15.4. The van der Waals surface area contributed by atoms with Gasteiger partial charge < -0.3 is 14.8 Å². The van der Waals surface area contributed by atoms with Crippen LogP contribution in [-0.4, -0.2) is 4.98 Å². The van der Waals surface area contributed by atoms with Crippen LogP contribution in [0.3, 0.4) is 0 Å². The highest BCUT2D eigenvalue weighted by Crippen LogP contribution is 2.30. The highest BCUT2D eigenvalue weighted by Gasteiger charge is 2.08. The molecule has 4 aromatic rings. The zero-order valence-corrected chi connectivity index (χ0v) is 17.4. The number of benzene rings is 3. The third-order valence-electron chi connectivity index (χ3n) is 4.84. The van der Waals surface area contributed by atoms with E-state index in [1.54, 1.807) is 0 Å². The summed E-state index contributed by atoms with van der Waals surface area (Å²) in [4.78, 5) is 4.35. The Morgan fingerprint density at radius 1 is 0.581 bits per heavy atom. The highest BCUT2D eigenvalue weighted by atomic mass is 16.5. The van der Waals surface area contributed by atoms with Crippen LogP contribution in [0.1, 0.15) is 22.4 Å². The molecular formula is C27H26N2O2. The standard InChI is InChI=1S/C27H26N2O2/c1-3-9-22(10-4-1)20-30-26-15-14-24(18-28-19-25-13-7-8-16-29-25)17-27(26)31-21-23-11-5-2-6-12-23/h1-17,28H,18-21H2. The Bertz CT molecular complexity index is 1050. The van der Waals surface area contributed by atoms with Crippen molar-refractivity contribution in [2.24, 2.45) is 0 Å². The summed E-state index contributed by atoms with van der Waals surface area (Å²) < 4.78 is 12.2. The average Bonchev–Trinajstić information content (AvgIpc) is 2.84. The largest absolute Gasteiger partial charge is 0.485 e. The number of hydrogen-bond acceptors (Lipinski definition) is 4. The lowest BCUT2D eigenvalue weighted by atomic mass is 10.2. The lowest BCUT2D eigenvalue weighted by molar-refractivity contribution is 0.255. The van der Waals surface area contributed by atoms with Crippen molar-refractivity contribution in [3.8, 4) is 11.5 Å². The lowest BCUT2D eigenvalue weighted by Gasteiger charge is -2.15. The van der Waals surface area contributed by atoms with Gasteiger partial charge in [0.1, 0.15) is 13.2 Å². The Labute approximate surface area is 183 Å². The molecule has 0 aliphatic rings. The Morgan fingerprint density at radius 2 is 1.23 bits per heavy atom. The van der Waals surface area contributed by atoms with Crippen LogP contribution >= 0.6 is 0 Å². The highest BCUT2D eigenvalue weighted by molar-refractivity contribution is 5.43. The van der Waals surface area contributed by atoms with Crippen molar-refractivity contribution in [2.45, 2.75) is 26.3 Å². The topological polar surface area (TPSA) is 43.4 Å². The van der Waals surface area contributed by atoms with Crippen LogP contribution < -0.4 is 14.8 Å². The van der Waals surface area contributed by atoms with Gasteiger partial charge in [-0.15, -0.1) is 0 Å². The van der Waals surface area contributed by atoms with Gasteiger partial charge in [-0.05, 0) is 41.0 Å². The zero-order chi connectivity index (χ0) is 21.1. The molecule has 31 heavy (non-hydrogen) atoms. The van der Waals surface area contributed by atoms with E-state index in [1.807, 2.05) is 66.9 Å². The maximum atomic E-state index is 6.15. The van der Waals surface area contributed by atoms with Gasteiger partial charge in [0.15, 0.2) is 11.5 Å².